The molecule has 14 heavy (non-hydrogen) atoms. The third-order valence-corrected chi connectivity index (χ3v) is 3.98. The maximum absolute atomic E-state index is 2.39. The molecule has 0 fully saturated rings. The lowest BCUT2D eigenvalue weighted by Crippen LogP contribution is -2.26. The van der Waals surface area contributed by atoms with E-state index in [1.54, 1.807) is 11.1 Å². The molecule has 0 heterocycles. The van der Waals surface area contributed by atoms with Gasteiger partial charge in [0, 0.05) is 0 Å². The molecule has 0 saturated heterocycles. The van der Waals surface area contributed by atoms with Gasteiger partial charge in [-0.25, -0.2) is 0 Å². The lowest BCUT2D eigenvalue weighted by Gasteiger charge is -2.38. The SMILES string of the molecule is Cc1ccc2c(c1)CCC(C)(C)C2C. The van der Waals surface area contributed by atoms with Crippen molar-refractivity contribution < 1.29 is 0 Å². The minimum atomic E-state index is 0.474. The molecule has 1 aromatic rings. The predicted octanol–water partition coefficient (Wildman–Crippen LogP) is 4.07. The second-order valence-electron chi connectivity index (χ2n) is 5.41. The monoisotopic (exact) mass is 188 g/mol. The Hall–Kier alpha value is -0.780. The summed E-state index contributed by atoms with van der Waals surface area (Å²) in [5, 5.41) is 0. The first-order valence-electron chi connectivity index (χ1n) is 5.60. The zero-order valence-electron chi connectivity index (χ0n) is 9.72. The Morgan fingerprint density at radius 1 is 1.29 bits per heavy atom. The van der Waals surface area contributed by atoms with Crippen LogP contribution in [0.15, 0.2) is 18.2 Å². The van der Waals surface area contributed by atoms with Crippen molar-refractivity contribution in [2.75, 3.05) is 0 Å². The molecule has 0 aromatic heterocycles. The van der Waals surface area contributed by atoms with Crippen molar-refractivity contribution in [1.82, 2.24) is 0 Å². The highest BCUT2D eigenvalue weighted by Crippen LogP contribution is 2.44. The summed E-state index contributed by atoms with van der Waals surface area (Å²) in [4.78, 5) is 0. The lowest BCUT2D eigenvalue weighted by molar-refractivity contribution is 0.259. The maximum Gasteiger partial charge on any atom is -0.0136 e. The van der Waals surface area contributed by atoms with Crippen LogP contribution < -0.4 is 0 Å². The van der Waals surface area contributed by atoms with Gasteiger partial charge in [-0.15, -0.1) is 0 Å². The Bertz CT molecular complexity index is 347. The van der Waals surface area contributed by atoms with Crippen LogP contribution >= 0.6 is 0 Å². The molecule has 0 spiro atoms. The summed E-state index contributed by atoms with van der Waals surface area (Å²) in [6, 6.07) is 6.94. The second kappa shape index (κ2) is 3.12. The van der Waals surface area contributed by atoms with E-state index in [1.165, 1.54) is 18.4 Å². The van der Waals surface area contributed by atoms with Crippen LogP contribution in [0.2, 0.25) is 0 Å². The van der Waals surface area contributed by atoms with Crippen LogP contribution in [0, 0.1) is 12.3 Å². The Morgan fingerprint density at radius 3 is 2.71 bits per heavy atom. The van der Waals surface area contributed by atoms with Crippen molar-refractivity contribution >= 4 is 0 Å². The zero-order valence-corrected chi connectivity index (χ0v) is 9.72. The number of hydrogen-bond donors (Lipinski definition) is 0. The highest BCUT2D eigenvalue weighted by molar-refractivity contribution is 5.37. The molecule has 0 bridgehead atoms. The zero-order chi connectivity index (χ0) is 10.3. The second-order valence-corrected chi connectivity index (χ2v) is 5.41. The lowest BCUT2D eigenvalue weighted by atomic mass is 9.67. The number of aryl methyl sites for hydroxylation is 2. The van der Waals surface area contributed by atoms with Gasteiger partial charge in [0.15, 0.2) is 0 Å². The largest absolute Gasteiger partial charge is 0.0593 e. The van der Waals surface area contributed by atoms with E-state index in [2.05, 4.69) is 45.9 Å². The van der Waals surface area contributed by atoms with Crippen LogP contribution in [-0.4, -0.2) is 0 Å². The van der Waals surface area contributed by atoms with Crippen LogP contribution in [0.25, 0.3) is 0 Å². The van der Waals surface area contributed by atoms with Crippen molar-refractivity contribution in [3.8, 4) is 0 Å². The molecule has 1 aliphatic rings. The predicted molar refractivity (Wildman–Crippen MR) is 61.7 cm³/mol. The first kappa shape index (κ1) is 9.76. The van der Waals surface area contributed by atoms with Crippen LogP contribution in [0.5, 0.6) is 0 Å². The van der Waals surface area contributed by atoms with Crippen molar-refractivity contribution in [2.45, 2.75) is 46.5 Å². The third kappa shape index (κ3) is 1.47. The molecule has 0 N–H and O–H groups in total. The van der Waals surface area contributed by atoms with Gasteiger partial charge in [0.25, 0.3) is 0 Å². The average Bonchev–Trinajstić information content (AvgIpc) is 2.12. The maximum atomic E-state index is 2.39. The Labute approximate surface area is 87.3 Å². The van der Waals surface area contributed by atoms with E-state index in [0.29, 0.717) is 11.3 Å². The van der Waals surface area contributed by atoms with Gasteiger partial charge >= 0.3 is 0 Å². The Morgan fingerprint density at radius 2 is 2.00 bits per heavy atom. The van der Waals surface area contributed by atoms with Crippen LogP contribution in [0.1, 0.15) is 49.8 Å². The summed E-state index contributed by atoms with van der Waals surface area (Å²) >= 11 is 0. The van der Waals surface area contributed by atoms with Crippen molar-refractivity contribution in [3.05, 3.63) is 34.9 Å². The fourth-order valence-electron chi connectivity index (χ4n) is 2.47. The topological polar surface area (TPSA) is 0 Å². The summed E-state index contributed by atoms with van der Waals surface area (Å²) in [5.41, 5.74) is 5.03. The van der Waals surface area contributed by atoms with E-state index in [1.807, 2.05) is 0 Å². The van der Waals surface area contributed by atoms with E-state index in [-0.39, 0.29) is 0 Å². The average molecular weight is 188 g/mol. The molecular weight excluding hydrogens is 168 g/mol. The molecule has 1 unspecified atom stereocenters. The van der Waals surface area contributed by atoms with E-state index in [4.69, 9.17) is 0 Å². The number of benzene rings is 1. The van der Waals surface area contributed by atoms with Gasteiger partial charge in [0.2, 0.25) is 0 Å². The quantitative estimate of drug-likeness (QED) is 0.575. The Kier molecular flexibility index (Phi) is 2.17. The Balaban J connectivity index is 2.46. The molecule has 2 rings (SSSR count). The molecule has 0 amide bonds. The fraction of sp³-hybridized carbons (Fsp3) is 0.571. The van der Waals surface area contributed by atoms with Gasteiger partial charge in [-0.2, -0.15) is 0 Å². The van der Waals surface area contributed by atoms with Gasteiger partial charge in [-0.1, -0.05) is 44.5 Å². The highest BCUT2D eigenvalue weighted by atomic mass is 14.4. The van der Waals surface area contributed by atoms with Gasteiger partial charge < -0.3 is 0 Å². The third-order valence-electron chi connectivity index (χ3n) is 3.98. The summed E-state index contributed by atoms with van der Waals surface area (Å²) in [6.45, 7) is 9.33. The minimum absolute atomic E-state index is 0.474. The summed E-state index contributed by atoms with van der Waals surface area (Å²) < 4.78 is 0. The fourth-order valence-corrected chi connectivity index (χ4v) is 2.47. The molecule has 1 aromatic carbocycles. The molecule has 0 heteroatoms. The van der Waals surface area contributed by atoms with Crippen molar-refractivity contribution in [1.29, 1.82) is 0 Å². The van der Waals surface area contributed by atoms with Gasteiger partial charge in [-0.3, -0.25) is 0 Å². The normalized spacial score (nSPS) is 24.4. The molecule has 0 aliphatic heterocycles. The first-order chi connectivity index (χ1) is 6.50. The molecular formula is C14H20. The highest BCUT2D eigenvalue weighted by Gasteiger charge is 2.32. The molecule has 76 valence electrons. The molecule has 0 radical (unpaired) electrons. The van der Waals surface area contributed by atoms with Crippen LogP contribution in [0.3, 0.4) is 0 Å². The smallest absolute Gasteiger partial charge is 0.0136 e. The van der Waals surface area contributed by atoms with Crippen LogP contribution in [-0.2, 0) is 6.42 Å². The van der Waals surface area contributed by atoms with Gasteiger partial charge in [0.05, 0.1) is 0 Å². The molecule has 0 saturated carbocycles. The summed E-state index contributed by atoms with van der Waals surface area (Å²) in [5.74, 6) is 0.701. The number of hydrogen-bond acceptors (Lipinski definition) is 0. The summed E-state index contributed by atoms with van der Waals surface area (Å²) in [6.07, 6.45) is 2.58. The van der Waals surface area contributed by atoms with Crippen LogP contribution in [0.4, 0.5) is 0 Å². The molecule has 1 atom stereocenters. The van der Waals surface area contributed by atoms with Gasteiger partial charge in [-0.05, 0) is 42.2 Å². The van der Waals surface area contributed by atoms with E-state index in [9.17, 15) is 0 Å². The summed E-state index contributed by atoms with van der Waals surface area (Å²) in [7, 11) is 0. The minimum Gasteiger partial charge on any atom is -0.0593 e. The number of fused-ring (bicyclic) bond motifs is 1. The van der Waals surface area contributed by atoms with E-state index in [0.717, 1.165) is 0 Å². The van der Waals surface area contributed by atoms with Crippen molar-refractivity contribution in [2.24, 2.45) is 5.41 Å². The molecule has 0 nitrogen and oxygen atoms in total. The standard InChI is InChI=1S/C14H20/c1-10-5-6-13-11(2)14(3,4)8-7-12(13)9-10/h5-6,9,11H,7-8H2,1-4H3. The van der Waals surface area contributed by atoms with Gasteiger partial charge in [0.1, 0.15) is 0 Å². The van der Waals surface area contributed by atoms with Crippen molar-refractivity contribution in [3.63, 3.8) is 0 Å². The molecule has 1 aliphatic carbocycles. The van der Waals surface area contributed by atoms with E-state index >= 15 is 0 Å². The number of rotatable bonds is 0. The van der Waals surface area contributed by atoms with E-state index < -0.39 is 0 Å². The first-order valence-corrected chi connectivity index (χ1v) is 5.60.